The van der Waals surface area contributed by atoms with E-state index in [0.29, 0.717) is 0 Å². The normalized spacial score (nSPS) is 28.1. The molecule has 1 atom stereocenters. The molecular formula is C11H24O2Si. The summed E-state index contributed by atoms with van der Waals surface area (Å²) in [4.78, 5) is 0. The topological polar surface area (TPSA) is 18.5 Å². The third-order valence-electron chi connectivity index (χ3n) is 2.85. The predicted octanol–water partition coefficient (Wildman–Crippen LogP) is 1.46. The van der Waals surface area contributed by atoms with E-state index in [0.717, 1.165) is 30.1 Å². The van der Waals surface area contributed by atoms with Crippen molar-refractivity contribution in [2.45, 2.75) is 50.7 Å². The van der Waals surface area contributed by atoms with Crippen molar-refractivity contribution in [1.82, 2.24) is 0 Å². The standard InChI is InChI=1S/C11H24O2Si/c1-2-3-5-8-12-10-11(14)7-4-6-9-13-11/h2-10H2,1,14H3. The first-order valence-corrected chi connectivity index (χ1v) is 6.98. The van der Waals surface area contributed by atoms with Gasteiger partial charge in [-0.3, -0.25) is 0 Å². The Morgan fingerprint density at radius 2 is 2.21 bits per heavy atom. The second-order valence-corrected chi connectivity index (χ2v) is 6.34. The maximum absolute atomic E-state index is 5.81. The van der Waals surface area contributed by atoms with E-state index >= 15 is 0 Å². The highest BCUT2D eigenvalue weighted by atomic mass is 28.1. The van der Waals surface area contributed by atoms with Gasteiger partial charge in [-0.15, -0.1) is 0 Å². The van der Waals surface area contributed by atoms with Gasteiger partial charge in [-0.05, 0) is 25.7 Å². The van der Waals surface area contributed by atoms with Crippen LogP contribution in [0.3, 0.4) is 0 Å². The van der Waals surface area contributed by atoms with Crippen LogP contribution in [0.4, 0.5) is 0 Å². The maximum atomic E-state index is 5.81. The second-order valence-electron chi connectivity index (χ2n) is 4.52. The van der Waals surface area contributed by atoms with Gasteiger partial charge in [0.05, 0.1) is 11.8 Å². The van der Waals surface area contributed by atoms with Crippen LogP contribution < -0.4 is 0 Å². The molecule has 2 nitrogen and oxygen atoms in total. The van der Waals surface area contributed by atoms with Crippen LogP contribution in [0.5, 0.6) is 0 Å². The molecule has 1 heterocycles. The summed E-state index contributed by atoms with van der Waals surface area (Å²) < 4.78 is 11.5. The van der Waals surface area contributed by atoms with Gasteiger partial charge in [-0.2, -0.15) is 0 Å². The van der Waals surface area contributed by atoms with Crippen molar-refractivity contribution < 1.29 is 9.47 Å². The van der Waals surface area contributed by atoms with Crippen molar-refractivity contribution in [3.05, 3.63) is 0 Å². The number of hydrogen-bond donors (Lipinski definition) is 0. The van der Waals surface area contributed by atoms with E-state index in [2.05, 4.69) is 6.92 Å². The van der Waals surface area contributed by atoms with E-state index < -0.39 is 0 Å². The number of unbranched alkanes of at least 4 members (excludes halogenated alkanes) is 2. The SMILES string of the molecule is CCCCCOCC1([SiH3])CCCCO1. The fourth-order valence-corrected chi connectivity index (χ4v) is 2.61. The van der Waals surface area contributed by atoms with Crippen LogP contribution >= 0.6 is 0 Å². The molecule has 0 bridgehead atoms. The lowest BCUT2D eigenvalue weighted by Crippen LogP contribution is -2.41. The molecule has 0 aromatic rings. The number of rotatable bonds is 6. The quantitative estimate of drug-likeness (QED) is 0.494. The zero-order chi connectivity index (χ0) is 10.3. The average molecular weight is 216 g/mol. The molecule has 0 aromatic carbocycles. The van der Waals surface area contributed by atoms with Crippen LogP contribution in [-0.4, -0.2) is 35.3 Å². The van der Waals surface area contributed by atoms with Crippen LogP contribution in [-0.2, 0) is 9.47 Å². The van der Waals surface area contributed by atoms with Crippen LogP contribution in [0.15, 0.2) is 0 Å². The minimum Gasteiger partial charge on any atom is -0.379 e. The summed E-state index contributed by atoms with van der Waals surface area (Å²) in [6.07, 6.45) is 7.53. The highest BCUT2D eigenvalue weighted by molar-refractivity contribution is 6.14. The van der Waals surface area contributed by atoms with Crippen LogP contribution in [0, 0.1) is 0 Å². The van der Waals surface area contributed by atoms with E-state index in [1.807, 2.05) is 0 Å². The molecule has 1 aliphatic heterocycles. The Labute approximate surface area is 90.8 Å². The van der Waals surface area contributed by atoms with Gasteiger partial charge in [0.1, 0.15) is 0 Å². The monoisotopic (exact) mass is 216 g/mol. The van der Waals surface area contributed by atoms with E-state index in [9.17, 15) is 0 Å². The van der Waals surface area contributed by atoms with Crippen molar-refractivity contribution in [1.29, 1.82) is 0 Å². The Morgan fingerprint density at radius 3 is 2.86 bits per heavy atom. The smallest absolute Gasteiger partial charge is 0.0716 e. The minimum absolute atomic E-state index is 0.143. The van der Waals surface area contributed by atoms with Gasteiger partial charge in [0.25, 0.3) is 0 Å². The summed E-state index contributed by atoms with van der Waals surface area (Å²) in [6.45, 7) is 4.92. The third-order valence-corrected chi connectivity index (χ3v) is 3.93. The third kappa shape index (κ3) is 4.58. The maximum Gasteiger partial charge on any atom is 0.0716 e. The molecule has 0 amide bonds. The van der Waals surface area contributed by atoms with E-state index in [1.54, 1.807) is 0 Å². The van der Waals surface area contributed by atoms with E-state index in [4.69, 9.17) is 9.47 Å². The molecule has 84 valence electrons. The fraction of sp³-hybridized carbons (Fsp3) is 1.00. The summed E-state index contributed by atoms with van der Waals surface area (Å²) >= 11 is 0. The van der Waals surface area contributed by atoms with Gasteiger partial charge in [-0.1, -0.05) is 19.8 Å². The van der Waals surface area contributed by atoms with Crippen molar-refractivity contribution in [2.24, 2.45) is 0 Å². The zero-order valence-corrected chi connectivity index (χ0v) is 11.7. The Morgan fingerprint density at radius 1 is 1.36 bits per heavy atom. The molecule has 14 heavy (non-hydrogen) atoms. The van der Waals surface area contributed by atoms with Crippen LogP contribution in [0.2, 0.25) is 0 Å². The lowest BCUT2D eigenvalue weighted by molar-refractivity contribution is -0.0701. The Hall–Kier alpha value is 0.137. The van der Waals surface area contributed by atoms with Crippen LogP contribution in [0.1, 0.15) is 45.4 Å². The highest BCUT2D eigenvalue weighted by Crippen LogP contribution is 2.21. The molecule has 1 unspecified atom stereocenters. The van der Waals surface area contributed by atoms with Gasteiger partial charge in [0, 0.05) is 23.5 Å². The molecule has 0 aromatic heterocycles. The first-order valence-electron chi connectivity index (χ1n) is 5.98. The molecular weight excluding hydrogens is 192 g/mol. The summed E-state index contributed by atoms with van der Waals surface area (Å²) in [5, 5.41) is 0.143. The Balaban J connectivity index is 2.03. The van der Waals surface area contributed by atoms with Crippen LogP contribution in [0.25, 0.3) is 0 Å². The fourth-order valence-electron chi connectivity index (χ4n) is 1.85. The number of ether oxygens (including phenoxy) is 2. The highest BCUT2D eigenvalue weighted by Gasteiger charge is 2.27. The largest absolute Gasteiger partial charge is 0.379 e. The van der Waals surface area contributed by atoms with Crippen molar-refractivity contribution in [2.75, 3.05) is 19.8 Å². The van der Waals surface area contributed by atoms with Gasteiger partial charge < -0.3 is 9.47 Å². The van der Waals surface area contributed by atoms with E-state index in [1.165, 1.54) is 38.5 Å². The first kappa shape index (κ1) is 12.2. The van der Waals surface area contributed by atoms with E-state index in [-0.39, 0.29) is 5.22 Å². The van der Waals surface area contributed by atoms with Gasteiger partial charge in [0.2, 0.25) is 0 Å². The lowest BCUT2D eigenvalue weighted by Gasteiger charge is -2.33. The Kier molecular flexibility index (Phi) is 5.75. The second kappa shape index (κ2) is 6.59. The molecule has 0 N–H and O–H groups in total. The molecule has 3 heteroatoms. The lowest BCUT2D eigenvalue weighted by atomic mass is 10.1. The van der Waals surface area contributed by atoms with Crippen molar-refractivity contribution >= 4 is 10.2 Å². The van der Waals surface area contributed by atoms with Crippen molar-refractivity contribution in [3.8, 4) is 0 Å². The van der Waals surface area contributed by atoms with Gasteiger partial charge in [0.15, 0.2) is 0 Å². The average Bonchev–Trinajstić information content (AvgIpc) is 2.18. The molecule has 1 saturated heterocycles. The minimum atomic E-state index is 0.143. The molecule has 0 radical (unpaired) electrons. The Bertz CT molecular complexity index is 144. The van der Waals surface area contributed by atoms with Crippen molar-refractivity contribution in [3.63, 3.8) is 0 Å². The van der Waals surface area contributed by atoms with Gasteiger partial charge >= 0.3 is 0 Å². The molecule has 1 rings (SSSR count). The zero-order valence-electron chi connectivity index (χ0n) is 9.68. The summed E-state index contributed by atoms with van der Waals surface area (Å²) in [5.41, 5.74) is 0. The molecule has 1 aliphatic rings. The molecule has 0 spiro atoms. The molecule has 0 saturated carbocycles. The summed E-state index contributed by atoms with van der Waals surface area (Å²) in [6, 6.07) is 0. The van der Waals surface area contributed by atoms with Gasteiger partial charge in [-0.25, -0.2) is 0 Å². The number of hydrogen-bond acceptors (Lipinski definition) is 2. The predicted molar refractivity (Wildman–Crippen MR) is 62.8 cm³/mol. The summed E-state index contributed by atoms with van der Waals surface area (Å²) in [5.74, 6) is 0. The molecule has 1 fully saturated rings. The summed E-state index contributed by atoms with van der Waals surface area (Å²) in [7, 11) is 1.10. The first-order chi connectivity index (χ1) is 6.77. The molecule has 0 aliphatic carbocycles.